The van der Waals surface area contributed by atoms with Crippen LogP contribution in [-0.4, -0.2) is 41.7 Å². The quantitative estimate of drug-likeness (QED) is 0.533. The van der Waals surface area contributed by atoms with Crippen LogP contribution in [0.1, 0.15) is 38.2 Å². The van der Waals surface area contributed by atoms with Crippen molar-refractivity contribution in [3.05, 3.63) is 59.2 Å². The highest BCUT2D eigenvalue weighted by Gasteiger charge is 2.14. The Morgan fingerprint density at radius 2 is 2.08 bits per heavy atom. The van der Waals surface area contributed by atoms with Gasteiger partial charge in [0.1, 0.15) is 5.75 Å². The Kier molecular flexibility index (Phi) is 9.85. The lowest BCUT2D eigenvalue weighted by Crippen LogP contribution is -2.15. The van der Waals surface area contributed by atoms with Gasteiger partial charge in [-0.05, 0) is 48.1 Å². The van der Waals surface area contributed by atoms with Gasteiger partial charge in [0.05, 0.1) is 19.3 Å². The number of phenolic OH excluding ortho intramolecular Hbond substituents is 1. The Hall–Kier alpha value is -1.88. The summed E-state index contributed by atoms with van der Waals surface area (Å²) in [5.41, 5.74) is 3.48. The summed E-state index contributed by atoms with van der Waals surface area (Å²) in [7, 11) is 1.57. The van der Waals surface area contributed by atoms with Crippen molar-refractivity contribution in [2.24, 2.45) is 0 Å². The molecule has 1 atom stereocenters. The van der Waals surface area contributed by atoms with Gasteiger partial charge in [-0.2, -0.15) is 0 Å². The lowest BCUT2D eigenvalue weighted by Gasteiger charge is -2.18. The van der Waals surface area contributed by atoms with E-state index < -0.39 is 6.10 Å². The monoisotopic (exact) mass is 346 g/mol. The van der Waals surface area contributed by atoms with E-state index in [1.54, 1.807) is 25.3 Å². The summed E-state index contributed by atoms with van der Waals surface area (Å²) in [6.07, 6.45) is 6.17. The Labute approximate surface area is 150 Å². The Morgan fingerprint density at radius 3 is 2.68 bits per heavy atom. The summed E-state index contributed by atoms with van der Waals surface area (Å²) >= 11 is 0. The van der Waals surface area contributed by atoms with E-state index in [-0.39, 0.29) is 12.4 Å². The van der Waals surface area contributed by atoms with Gasteiger partial charge in [0.25, 0.3) is 0 Å². The third-order valence-electron chi connectivity index (χ3n) is 3.95. The molecule has 25 heavy (non-hydrogen) atoms. The number of benzene rings is 1. The second kappa shape index (κ2) is 11.6. The van der Waals surface area contributed by atoms with Crippen LogP contribution in [0, 0.1) is 0 Å². The number of aliphatic hydroxyl groups excluding tert-OH is 2. The molecule has 3 N–H and O–H groups in total. The zero-order valence-corrected chi connectivity index (χ0v) is 15.2. The predicted molar refractivity (Wildman–Crippen MR) is 102 cm³/mol. The highest BCUT2D eigenvalue weighted by molar-refractivity contribution is 5.54. The highest BCUT2D eigenvalue weighted by Crippen LogP contribution is 2.23. The van der Waals surface area contributed by atoms with Gasteiger partial charge < -0.3 is 20.1 Å². The van der Waals surface area contributed by atoms with Gasteiger partial charge in [-0.15, -0.1) is 0 Å². The van der Waals surface area contributed by atoms with Crippen LogP contribution in [0.5, 0.6) is 5.75 Å². The van der Waals surface area contributed by atoms with E-state index in [2.05, 4.69) is 19.6 Å². The van der Waals surface area contributed by atoms with Crippen LogP contribution >= 0.6 is 0 Å². The largest absolute Gasteiger partial charge is 0.508 e. The molecule has 0 bridgehead atoms. The van der Waals surface area contributed by atoms with Crippen molar-refractivity contribution in [3.8, 4) is 5.75 Å². The van der Waals surface area contributed by atoms with Gasteiger partial charge >= 0.3 is 0 Å². The molecule has 0 fully saturated rings. The second-order valence-corrected chi connectivity index (χ2v) is 6.08. The van der Waals surface area contributed by atoms with Gasteiger partial charge in [-0.1, -0.05) is 49.8 Å². The molecule has 1 unspecified atom stereocenters. The first-order valence-corrected chi connectivity index (χ1v) is 8.66. The zero-order valence-electron chi connectivity index (χ0n) is 15.2. The van der Waals surface area contributed by atoms with Crippen LogP contribution in [0.25, 0.3) is 6.08 Å². The van der Waals surface area contributed by atoms with Crippen molar-refractivity contribution >= 4 is 6.08 Å². The number of phenols is 1. The fraction of sp³-hybridized carbons (Fsp3) is 0.429. The number of rotatable bonds is 11. The van der Waals surface area contributed by atoms with Crippen molar-refractivity contribution in [1.82, 2.24) is 0 Å². The minimum absolute atomic E-state index is 0.143. The third-order valence-corrected chi connectivity index (χ3v) is 3.95. The molecule has 0 heterocycles. The van der Waals surface area contributed by atoms with Gasteiger partial charge in [-0.3, -0.25) is 0 Å². The number of methoxy groups -OCH3 is 1. The highest BCUT2D eigenvalue weighted by atomic mass is 16.5. The molecule has 0 saturated heterocycles. The summed E-state index contributed by atoms with van der Waals surface area (Å²) in [6, 6.07) is 7.14. The van der Waals surface area contributed by atoms with E-state index in [1.807, 2.05) is 12.1 Å². The molecule has 0 aromatic heterocycles. The lowest BCUT2D eigenvalue weighted by atomic mass is 9.94. The Morgan fingerprint density at radius 1 is 1.32 bits per heavy atom. The molecule has 0 aliphatic heterocycles. The SMILES string of the molecule is C=C(COC)/C(=C/CO)C(O)CC/C(=C/c1cccc(O)c1)CCC. The van der Waals surface area contributed by atoms with Crippen molar-refractivity contribution in [2.45, 2.75) is 38.7 Å². The van der Waals surface area contributed by atoms with Crippen LogP contribution in [0.4, 0.5) is 0 Å². The van der Waals surface area contributed by atoms with Crippen molar-refractivity contribution in [3.63, 3.8) is 0 Å². The molecule has 1 aromatic rings. The summed E-state index contributed by atoms with van der Waals surface area (Å²) in [6.45, 7) is 6.21. The van der Waals surface area contributed by atoms with Crippen LogP contribution in [-0.2, 0) is 4.74 Å². The molecule has 1 aromatic carbocycles. The molecule has 0 saturated carbocycles. The first-order chi connectivity index (χ1) is 12.0. The fourth-order valence-electron chi connectivity index (χ4n) is 2.79. The molecule has 4 heteroatoms. The average Bonchev–Trinajstić information content (AvgIpc) is 2.57. The van der Waals surface area contributed by atoms with E-state index in [4.69, 9.17) is 4.74 Å². The van der Waals surface area contributed by atoms with Gasteiger partial charge in [0, 0.05) is 7.11 Å². The molecule has 0 aliphatic rings. The van der Waals surface area contributed by atoms with E-state index in [0.29, 0.717) is 24.2 Å². The topological polar surface area (TPSA) is 69.9 Å². The normalized spacial score (nSPS) is 13.8. The first kappa shape index (κ1) is 21.2. The first-order valence-electron chi connectivity index (χ1n) is 8.66. The van der Waals surface area contributed by atoms with E-state index >= 15 is 0 Å². The molecule has 0 aliphatic carbocycles. The molecule has 138 valence electrons. The third kappa shape index (κ3) is 7.69. The van der Waals surface area contributed by atoms with Crippen LogP contribution in [0.15, 0.2) is 53.6 Å². The second-order valence-electron chi connectivity index (χ2n) is 6.08. The van der Waals surface area contributed by atoms with Crippen LogP contribution in [0.3, 0.4) is 0 Å². The van der Waals surface area contributed by atoms with Gasteiger partial charge in [0.15, 0.2) is 0 Å². The number of allylic oxidation sites excluding steroid dienone is 1. The maximum Gasteiger partial charge on any atom is 0.116 e. The standard InChI is InChI=1S/C21H30O4/c1-4-6-17(13-18-7-5-8-19(23)14-18)9-10-21(24)20(11-12-22)16(2)15-25-3/h5,7-8,11,13-14,21-24H,2,4,6,9-10,12,15H2,1,3H3/b17-13+,20-11-. The van der Waals surface area contributed by atoms with Gasteiger partial charge in [0.2, 0.25) is 0 Å². The van der Waals surface area contributed by atoms with Crippen molar-refractivity contribution < 1.29 is 20.1 Å². The van der Waals surface area contributed by atoms with Crippen LogP contribution < -0.4 is 0 Å². The van der Waals surface area contributed by atoms with Gasteiger partial charge in [-0.25, -0.2) is 0 Å². The Balaban J connectivity index is 2.81. The minimum atomic E-state index is -0.695. The molecular weight excluding hydrogens is 316 g/mol. The predicted octanol–water partition coefficient (Wildman–Crippen LogP) is 3.84. The molecule has 1 rings (SSSR count). The fourth-order valence-corrected chi connectivity index (χ4v) is 2.79. The summed E-state index contributed by atoms with van der Waals surface area (Å²) in [4.78, 5) is 0. The number of ether oxygens (including phenoxy) is 1. The van der Waals surface area contributed by atoms with E-state index in [1.165, 1.54) is 5.57 Å². The molecule has 4 nitrogen and oxygen atoms in total. The van der Waals surface area contributed by atoms with Crippen molar-refractivity contribution in [2.75, 3.05) is 20.3 Å². The average molecular weight is 346 g/mol. The lowest BCUT2D eigenvalue weighted by molar-refractivity contribution is 0.189. The number of hydrogen-bond acceptors (Lipinski definition) is 4. The molecule has 0 spiro atoms. The minimum Gasteiger partial charge on any atom is -0.508 e. The summed E-state index contributed by atoms with van der Waals surface area (Å²) in [5, 5.41) is 29.3. The van der Waals surface area contributed by atoms with E-state index in [9.17, 15) is 15.3 Å². The maximum absolute atomic E-state index is 10.5. The van der Waals surface area contributed by atoms with E-state index in [0.717, 1.165) is 24.8 Å². The summed E-state index contributed by atoms with van der Waals surface area (Å²) in [5.74, 6) is 0.244. The molecule has 0 amide bonds. The number of aliphatic hydroxyl groups is 2. The number of aromatic hydroxyl groups is 1. The molecular formula is C21H30O4. The smallest absolute Gasteiger partial charge is 0.116 e. The maximum atomic E-state index is 10.5. The zero-order chi connectivity index (χ0) is 18.7. The Bertz CT molecular complexity index is 602. The number of hydrogen-bond donors (Lipinski definition) is 3. The summed E-state index contributed by atoms with van der Waals surface area (Å²) < 4.78 is 5.07. The van der Waals surface area contributed by atoms with Crippen LogP contribution in [0.2, 0.25) is 0 Å². The molecule has 0 radical (unpaired) electrons. The van der Waals surface area contributed by atoms with Crippen molar-refractivity contribution in [1.29, 1.82) is 0 Å².